The molecule has 0 heterocycles. The average molecular weight is 289 g/mol. The molecular formula is C17H23NO3. The lowest BCUT2D eigenvalue weighted by molar-refractivity contribution is -0.116. The number of aliphatic hydroxyl groups is 1. The molecule has 2 N–H and O–H groups in total. The summed E-state index contributed by atoms with van der Waals surface area (Å²) in [5.41, 5.74) is 2.63. The molecule has 0 unspecified atom stereocenters. The molecule has 0 bridgehead atoms. The predicted octanol–water partition coefficient (Wildman–Crippen LogP) is 2.48. The fourth-order valence-electron chi connectivity index (χ4n) is 1.85. The number of anilines is 1. The van der Waals surface area contributed by atoms with Crippen molar-refractivity contribution in [1.29, 1.82) is 0 Å². The van der Waals surface area contributed by atoms with E-state index in [1.165, 1.54) is 0 Å². The number of hydrogen-bond donors (Lipinski definition) is 2. The second-order valence-corrected chi connectivity index (χ2v) is 4.71. The highest BCUT2D eigenvalue weighted by Gasteiger charge is 2.03. The smallest absolute Gasteiger partial charge is 0.224 e. The van der Waals surface area contributed by atoms with Crippen LogP contribution in [-0.2, 0) is 9.53 Å². The van der Waals surface area contributed by atoms with E-state index >= 15 is 0 Å². The van der Waals surface area contributed by atoms with Crippen LogP contribution in [0.5, 0.6) is 0 Å². The number of carbonyl (C=O) groups is 1. The van der Waals surface area contributed by atoms with E-state index in [9.17, 15) is 4.79 Å². The highest BCUT2D eigenvalue weighted by molar-refractivity contribution is 5.91. The standard InChI is InChI=1S/C17H23NO3/c1-3-21-10-6-8-17(20)18-16-12-14(2)11-15(13-16)7-4-5-9-19/h11-13,19H,3,5-6,8-10H2,1-2H3,(H,18,20). The largest absolute Gasteiger partial charge is 0.395 e. The molecule has 0 radical (unpaired) electrons. The second-order valence-electron chi connectivity index (χ2n) is 4.71. The molecule has 114 valence electrons. The molecule has 4 heteroatoms. The van der Waals surface area contributed by atoms with Gasteiger partial charge in [0.1, 0.15) is 0 Å². The van der Waals surface area contributed by atoms with Crippen molar-refractivity contribution in [3.8, 4) is 11.8 Å². The zero-order valence-corrected chi connectivity index (χ0v) is 12.7. The van der Waals surface area contributed by atoms with Gasteiger partial charge >= 0.3 is 0 Å². The van der Waals surface area contributed by atoms with E-state index < -0.39 is 0 Å². The Balaban J connectivity index is 2.58. The van der Waals surface area contributed by atoms with Gasteiger partial charge in [-0.15, -0.1) is 0 Å². The average Bonchev–Trinajstić information content (AvgIpc) is 2.43. The van der Waals surface area contributed by atoms with Gasteiger partial charge in [-0.05, 0) is 44.0 Å². The Bertz CT molecular complexity index is 515. The van der Waals surface area contributed by atoms with Gasteiger partial charge in [-0.3, -0.25) is 4.79 Å². The Hall–Kier alpha value is -1.83. The Morgan fingerprint density at radius 1 is 1.38 bits per heavy atom. The Morgan fingerprint density at radius 3 is 2.90 bits per heavy atom. The van der Waals surface area contributed by atoms with Crippen molar-refractivity contribution in [3.63, 3.8) is 0 Å². The molecule has 0 spiro atoms. The van der Waals surface area contributed by atoms with Crippen molar-refractivity contribution < 1.29 is 14.6 Å². The van der Waals surface area contributed by atoms with E-state index in [1.807, 2.05) is 32.0 Å². The number of rotatable bonds is 7. The van der Waals surface area contributed by atoms with Crippen LogP contribution in [0, 0.1) is 18.8 Å². The molecule has 0 aliphatic heterocycles. The van der Waals surface area contributed by atoms with Gasteiger partial charge in [0.15, 0.2) is 0 Å². The van der Waals surface area contributed by atoms with E-state index in [-0.39, 0.29) is 12.5 Å². The number of hydrogen-bond acceptors (Lipinski definition) is 3. The topological polar surface area (TPSA) is 58.6 Å². The van der Waals surface area contributed by atoms with Crippen molar-refractivity contribution in [2.75, 3.05) is 25.1 Å². The Morgan fingerprint density at radius 2 is 2.19 bits per heavy atom. The number of aliphatic hydroxyl groups excluding tert-OH is 1. The minimum Gasteiger partial charge on any atom is -0.395 e. The normalized spacial score (nSPS) is 9.86. The number of benzene rings is 1. The third-order valence-electron chi connectivity index (χ3n) is 2.73. The zero-order valence-electron chi connectivity index (χ0n) is 12.7. The maximum absolute atomic E-state index is 11.8. The lowest BCUT2D eigenvalue weighted by Crippen LogP contribution is -2.12. The van der Waals surface area contributed by atoms with Crippen molar-refractivity contribution in [3.05, 3.63) is 29.3 Å². The fraction of sp³-hybridized carbons (Fsp3) is 0.471. The Labute approximate surface area is 126 Å². The monoisotopic (exact) mass is 289 g/mol. The molecule has 0 aromatic heterocycles. The van der Waals surface area contributed by atoms with Crippen LogP contribution in [0.4, 0.5) is 5.69 Å². The third-order valence-corrected chi connectivity index (χ3v) is 2.73. The summed E-state index contributed by atoms with van der Waals surface area (Å²) in [6, 6.07) is 5.71. The molecule has 1 rings (SSSR count). The van der Waals surface area contributed by atoms with E-state index in [0.29, 0.717) is 32.5 Å². The molecule has 4 nitrogen and oxygen atoms in total. The van der Waals surface area contributed by atoms with Gasteiger partial charge in [-0.2, -0.15) is 0 Å². The molecule has 1 aromatic rings. The summed E-state index contributed by atoms with van der Waals surface area (Å²) in [5, 5.41) is 11.6. The minimum atomic E-state index is -0.0189. The third kappa shape index (κ3) is 7.50. The molecule has 21 heavy (non-hydrogen) atoms. The molecule has 0 atom stereocenters. The predicted molar refractivity (Wildman–Crippen MR) is 84.1 cm³/mol. The summed E-state index contributed by atoms with van der Waals surface area (Å²) in [4.78, 5) is 11.8. The van der Waals surface area contributed by atoms with Crippen molar-refractivity contribution in [2.45, 2.75) is 33.1 Å². The first kappa shape index (κ1) is 17.2. The van der Waals surface area contributed by atoms with Crippen molar-refractivity contribution in [2.24, 2.45) is 0 Å². The van der Waals surface area contributed by atoms with Crippen LogP contribution in [0.1, 0.15) is 37.3 Å². The zero-order chi connectivity index (χ0) is 15.5. The maximum atomic E-state index is 11.8. The Kier molecular flexibility index (Phi) is 8.18. The van der Waals surface area contributed by atoms with E-state index in [2.05, 4.69) is 17.2 Å². The van der Waals surface area contributed by atoms with Crippen LogP contribution in [0.15, 0.2) is 18.2 Å². The van der Waals surface area contributed by atoms with Crippen LogP contribution in [0.25, 0.3) is 0 Å². The molecule has 1 aromatic carbocycles. The van der Waals surface area contributed by atoms with Crippen LogP contribution < -0.4 is 5.32 Å². The van der Waals surface area contributed by atoms with Gasteiger partial charge in [0.2, 0.25) is 5.91 Å². The summed E-state index contributed by atoms with van der Waals surface area (Å²) in [6.45, 7) is 5.24. The maximum Gasteiger partial charge on any atom is 0.224 e. The number of amides is 1. The summed E-state index contributed by atoms with van der Waals surface area (Å²) in [5.74, 6) is 5.84. The minimum absolute atomic E-state index is 0.0189. The first-order valence-electron chi connectivity index (χ1n) is 7.24. The van der Waals surface area contributed by atoms with Crippen LogP contribution >= 0.6 is 0 Å². The molecule has 0 aliphatic carbocycles. The molecule has 0 fully saturated rings. The first-order valence-corrected chi connectivity index (χ1v) is 7.24. The number of carbonyl (C=O) groups excluding carboxylic acids is 1. The van der Waals surface area contributed by atoms with E-state index in [1.54, 1.807) is 0 Å². The molecular weight excluding hydrogens is 266 g/mol. The SMILES string of the molecule is CCOCCCC(=O)Nc1cc(C)cc(C#CCCO)c1. The van der Waals surface area contributed by atoms with Gasteiger partial charge in [0.05, 0.1) is 6.61 Å². The first-order chi connectivity index (χ1) is 10.2. The van der Waals surface area contributed by atoms with Crippen molar-refractivity contribution in [1.82, 2.24) is 0 Å². The second kappa shape index (κ2) is 9.98. The molecule has 1 amide bonds. The number of aryl methyl sites for hydroxylation is 1. The summed E-state index contributed by atoms with van der Waals surface area (Å²) in [7, 11) is 0. The lowest BCUT2D eigenvalue weighted by Gasteiger charge is -2.07. The number of nitrogens with one attached hydrogen (secondary N) is 1. The highest BCUT2D eigenvalue weighted by atomic mass is 16.5. The van der Waals surface area contributed by atoms with Gasteiger partial charge < -0.3 is 15.2 Å². The lowest BCUT2D eigenvalue weighted by atomic mass is 10.1. The van der Waals surface area contributed by atoms with Gasteiger partial charge in [0.25, 0.3) is 0 Å². The summed E-state index contributed by atoms with van der Waals surface area (Å²) < 4.78 is 5.21. The van der Waals surface area contributed by atoms with Gasteiger partial charge in [-0.1, -0.05) is 11.8 Å². The van der Waals surface area contributed by atoms with Crippen LogP contribution in [0.2, 0.25) is 0 Å². The molecule has 0 aliphatic rings. The van der Waals surface area contributed by atoms with Gasteiger partial charge in [-0.25, -0.2) is 0 Å². The quantitative estimate of drug-likeness (QED) is 0.599. The molecule has 0 saturated heterocycles. The molecule has 0 saturated carbocycles. The van der Waals surface area contributed by atoms with E-state index in [4.69, 9.17) is 9.84 Å². The van der Waals surface area contributed by atoms with Crippen LogP contribution in [0.3, 0.4) is 0 Å². The van der Waals surface area contributed by atoms with Gasteiger partial charge in [0, 0.05) is 37.3 Å². The van der Waals surface area contributed by atoms with E-state index in [0.717, 1.165) is 16.8 Å². The summed E-state index contributed by atoms with van der Waals surface area (Å²) in [6.07, 6.45) is 1.61. The summed E-state index contributed by atoms with van der Waals surface area (Å²) >= 11 is 0. The number of ether oxygens (including phenoxy) is 1. The van der Waals surface area contributed by atoms with Crippen LogP contribution in [-0.4, -0.2) is 30.8 Å². The fourth-order valence-corrected chi connectivity index (χ4v) is 1.85. The highest BCUT2D eigenvalue weighted by Crippen LogP contribution is 2.14. The van der Waals surface area contributed by atoms with Crippen molar-refractivity contribution >= 4 is 11.6 Å².